The topological polar surface area (TPSA) is 25.2 Å². The summed E-state index contributed by atoms with van der Waals surface area (Å²) in [5.74, 6) is 1.97. The van der Waals surface area contributed by atoms with Gasteiger partial charge in [-0.25, -0.2) is 0 Å². The Balaban J connectivity index is 1.79. The van der Waals surface area contributed by atoms with E-state index in [1.165, 1.54) is 12.8 Å². The van der Waals surface area contributed by atoms with Gasteiger partial charge in [0.25, 0.3) is 0 Å². The second-order valence-electron chi connectivity index (χ2n) is 3.59. The second kappa shape index (κ2) is 3.31. The minimum atomic E-state index is 0.362. The van der Waals surface area contributed by atoms with E-state index in [-0.39, 0.29) is 0 Å². The lowest BCUT2D eigenvalue weighted by Crippen LogP contribution is -2.20. The van der Waals surface area contributed by atoms with Crippen LogP contribution in [0.5, 0.6) is 0 Å². The number of nitrogens with one attached hydrogen (secondary N) is 1. The van der Waals surface area contributed by atoms with Crippen LogP contribution in [0.25, 0.3) is 0 Å². The second-order valence-corrected chi connectivity index (χ2v) is 3.59. The van der Waals surface area contributed by atoms with E-state index in [9.17, 15) is 0 Å². The summed E-state index contributed by atoms with van der Waals surface area (Å²) in [6.45, 7) is 3.28. The molecule has 1 atom stereocenters. The zero-order valence-corrected chi connectivity index (χ0v) is 7.42. The van der Waals surface area contributed by atoms with E-state index < -0.39 is 0 Å². The average Bonchev–Trinajstić information content (AvgIpc) is 2.74. The lowest BCUT2D eigenvalue weighted by Gasteiger charge is -2.09. The summed E-state index contributed by atoms with van der Waals surface area (Å²) in [5, 5.41) is 3.45. The number of hydrogen-bond donors (Lipinski definition) is 1. The van der Waals surface area contributed by atoms with Crippen LogP contribution in [0.3, 0.4) is 0 Å². The Kier molecular flexibility index (Phi) is 2.17. The molecule has 1 aliphatic carbocycles. The van der Waals surface area contributed by atoms with Crippen LogP contribution in [0.2, 0.25) is 0 Å². The van der Waals surface area contributed by atoms with E-state index in [1.807, 2.05) is 12.1 Å². The summed E-state index contributed by atoms with van der Waals surface area (Å²) in [4.78, 5) is 0. The van der Waals surface area contributed by atoms with Gasteiger partial charge in [0.2, 0.25) is 0 Å². The van der Waals surface area contributed by atoms with E-state index in [4.69, 9.17) is 4.42 Å². The maximum atomic E-state index is 5.29. The minimum Gasteiger partial charge on any atom is -0.468 e. The molecule has 0 spiro atoms. The highest BCUT2D eigenvalue weighted by Gasteiger charge is 2.21. The molecule has 0 bridgehead atoms. The standard InChI is InChI=1S/C10H15NO/c1-8(10-3-2-6-12-10)11-7-9-4-5-9/h2-3,6,8-9,11H,4-5,7H2,1H3/t8-/m0/s1. The maximum Gasteiger partial charge on any atom is 0.120 e. The Morgan fingerprint density at radius 3 is 3.08 bits per heavy atom. The molecule has 0 aromatic carbocycles. The van der Waals surface area contributed by atoms with E-state index in [2.05, 4.69) is 12.2 Å². The Labute approximate surface area is 73.0 Å². The zero-order valence-electron chi connectivity index (χ0n) is 7.42. The monoisotopic (exact) mass is 165 g/mol. The Hall–Kier alpha value is -0.760. The first-order valence-corrected chi connectivity index (χ1v) is 4.63. The molecule has 1 aromatic heterocycles. The Bertz CT molecular complexity index is 226. The third-order valence-corrected chi connectivity index (χ3v) is 2.38. The third kappa shape index (κ3) is 1.89. The third-order valence-electron chi connectivity index (χ3n) is 2.38. The number of rotatable bonds is 4. The molecule has 66 valence electrons. The maximum absolute atomic E-state index is 5.29. The highest BCUT2D eigenvalue weighted by atomic mass is 16.3. The fourth-order valence-electron chi connectivity index (χ4n) is 1.30. The first-order chi connectivity index (χ1) is 5.86. The van der Waals surface area contributed by atoms with Crippen molar-refractivity contribution in [3.63, 3.8) is 0 Å². The van der Waals surface area contributed by atoms with Gasteiger partial charge in [-0.2, -0.15) is 0 Å². The number of hydrogen-bond acceptors (Lipinski definition) is 2. The molecule has 1 N–H and O–H groups in total. The molecule has 2 heteroatoms. The molecule has 0 unspecified atom stereocenters. The van der Waals surface area contributed by atoms with Crippen molar-refractivity contribution in [3.05, 3.63) is 24.2 Å². The van der Waals surface area contributed by atoms with Crippen molar-refractivity contribution in [1.29, 1.82) is 0 Å². The van der Waals surface area contributed by atoms with Crippen LogP contribution in [0.15, 0.2) is 22.8 Å². The summed E-state index contributed by atoms with van der Waals surface area (Å²) < 4.78 is 5.29. The van der Waals surface area contributed by atoms with Gasteiger partial charge in [-0.15, -0.1) is 0 Å². The summed E-state index contributed by atoms with van der Waals surface area (Å²) >= 11 is 0. The molecule has 0 radical (unpaired) electrons. The first-order valence-electron chi connectivity index (χ1n) is 4.63. The molecule has 2 nitrogen and oxygen atoms in total. The lowest BCUT2D eigenvalue weighted by atomic mass is 10.2. The molecular weight excluding hydrogens is 150 g/mol. The van der Waals surface area contributed by atoms with Gasteiger partial charge >= 0.3 is 0 Å². The van der Waals surface area contributed by atoms with Crippen molar-refractivity contribution in [2.45, 2.75) is 25.8 Å². The highest BCUT2D eigenvalue weighted by molar-refractivity contribution is 5.03. The molecule has 1 heterocycles. The van der Waals surface area contributed by atoms with Crippen molar-refractivity contribution in [3.8, 4) is 0 Å². The molecule has 1 aromatic rings. The smallest absolute Gasteiger partial charge is 0.120 e. The predicted octanol–water partition coefficient (Wildman–Crippen LogP) is 2.34. The normalized spacial score (nSPS) is 19.4. The molecule has 1 aliphatic rings. The van der Waals surface area contributed by atoms with E-state index in [0.29, 0.717) is 6.04 Å². The molecule has 0 saturated heterocycles. The van der Waals surface area contributed by atoms with Gasteiger partial charge in [0, 0.05) is 0 Å². The van der Waals surface area contributed by atoms with E-state index in [0.717, 1.165) is 18.2 Å². The van der Waals surface area contributed by atoms with Crippen molar-refractivity contribution in [2.24, 2.45) is 5.92 Å². The van der Waals surface area contributed by atoms with Gasteiger partial charge in [0.05, 0.1) is 12.3 Å². The molecule has 0 aliphatic heterocycles. The van der Waals surface area contributed by atoms with Crippen LogP contribution in [-0.2, 0) is 0 Å². The van der Waals surface area contributed by atoms with Gasteiger partial charge in [-0.1, -0.05) is 0 Å². The fraction of sp³-hybridized carbons (Fsp3) is 0.600. The largest absolute Gasteiger partial charge is 0.468 e. The summed E-state index contributed by atoms with van der Waals surface area (Å²) in [6, 6.07) is 4.32. The Morgan fingerprint density at radius 1 is 1.67 bits per heavy atom. The van der Waals surface area contributed by atoms with Crippen LogP contribution in [0.4, 0.5) is 0 Å². The van der Waals surface area contributed by atoms with Gasteiger partial charge in [-0.05, 0) is 44.4 Å². The summed E-state index contributed by atoms with van der Waals surface area (Å²) in [5.41, 5.74) is 0. The highest BCUT2D eigenvalue weighted by Crippen LogP contribution is 2.28. The zero-order chi connectivity index (χ0) is 8.39. The average molecular weight is 165 g/mol. The van der Waals surface area contributed by atoms with Crippen LogP contribution in [-0.4, -0.2) is 6.54 Å². The molecule has 2 rings (SSSR count). The fourth-order valence-corrected chi connectivity index (χ4v) is 1.30. The molecule has 1 fully saturated rings. The first kappa shape index (κ1) is 7.87. The number of furan rings is 1. The lowest BCUT2D eigenvalue weighted by molar-refractivity contribution is 0.426. The summed E-state index contributed by atoms with van der Waals surface area (Å²) in [7, 11) is 0. The van der Waals surface area contributed by atoms with Crippen LogP contribution in [0, 0.1) is 5.92 Å². The Morgan fingerprint density at radius 2 is 2.50 bits per heavy atom. The van der Waals surface area contributed by atoms with Gasteiger partial charge < -0.3 is 9.73 Å². The van der Waals surface area contributed by atoms with Gasteiger partial charge in [0.15, 0.2) is 0 Å². The van der Waals surface area contributed by atoms with Gasteiger partial charge in [0.1, 0.15) is 5.76 Å². The van der Waals surface area contributed by atoms with E-state index >= 15 is 0 Å². The molecule has 1 saturated carbocycles. The molecule has 12 heavy (non-hydrogen) atoms. The molecular formula is C10H15NO. The molecule has 0 amide bonds. The van der Waals surface area contributed by atoms with Crippen LogP contribution >= 0.6 is 0 Å². The minimum absolute atomic E-state index is 0.362. The quantitative estimate of drug-likeness (QED) is 0.740. The van der Waals surface area contributed by atoms with Crippen molar-refractivity contribution in [1.82, 2.24) is 5.32 Å². The van der Waals surface area contributed by atoms with E-state index in [1.54, 1.807) is 6.26 Å². The van der Waals surface area contributed by atoms with Crippen molar-refractivity contribution in [2.75, 3.05) is 6.54 Å². The summed E-state index contributed by atoms with van der Waals surface area (Å²) in [6.07, 6.45) is 4.53. The van der Waals surface area contributed by atoms with Gasteiger partial charge in [-0.3, -0.25) is 0 Å². The van der Waals surface area contributed by atoms with Crippen molar-refractivity contribution >= 4 is 0 Å². The predicted molar refractivity (Wildman–Crippen MR) is 47.8 cm³/mol. The van der Waals surface area contributed by atoms with Crippen LogP contribution < -0.4 is 5.32 Å². The van der Waals surface area contributed by atoms with Crippen molar-refractivity contribution < 1.29 is 4.42 Å². The SMILES string of the molecule is C[C@H](NCC1CC1)c1ccco1. The van der Waals surface area contributed by atoms with Crippen LogP contribution in [0.1, 0.15) is 31.6 Å².